The van der Waals surface area contributed by atoms with Gasteiger partial charge in [-0.2, -0.15) is 5.26 Å². The normalized spacial score (nSPS) is 18.4. The lowest BCUT2D eigenvalue weighted by Crippen LogP contribution is -2.29. The van der Waals surface area contributed by atoms with E-state index >= 15 is 0 Å². The van der Waals surface area contributed by atoms with Crippen LogP contribution in [0.1, 0.15) is 37.6 Å². The maximum absolute atomic E-state index is 12.0. The van der Waals surface area contributed by atoms with Crippen LogP contribution in [0.4, 0.5) is 0 Å². The molecule has 158 valence electrons. The van der Waals surface area contributed by atoms with Gasteiger partial charge in [-0.15, -0.1) is 0 Å². The molecular weight excluding hydrogens is 384 g/mol. The highest BCUT2D eigenvalue weighted by atomic mass is 16.5. The predicted octanol–water partition coefficient (Wildman–Crippen LogP) is 2.51. The van der Waals surface area contributed by atoms with Crippen LogP contribution in [0.2, 0.25) is 0 Å². The molecule has 3 rings (SSSR count). The highest BCUT2D eigenvalue weighted by molar-refractivity contribution is 6.01. The first-order valence-corrected chi connectivity index (χ1v) is 9.96. The molecule has 30 heavy (non-hydrogen) atoms. The predicted molar refractivity (Wildman–Crippen MR) is 111 cm³/mol. The van der Waals surface area contributed by atoms with Crippen LogP contribution in [0.3, 0.4) is 0 Å². The molecule has 8 heteroatoms. The van der Waals surface area contributed by atoms with Crippen LogP contribution in [0.5, 0.6) is 11.6 Å². The van der Waals surface area contributed by atoms with E-state index in [1.54, 1.807) is 29.3 Å². The Balaban J connectivity index is 1.82. The Kier molecular flexibility index (Phi) is 6.40. The highest BCUT2D eigenvalue weighted by Gasteiger charge is 2.32. The Morgan fingerprint density at radius 2 is 2.13 bits per heavy atom. The summed E-state index contributed by atoms with van der Waals surface area (Å²) in [6.07, 6.45) is 1.39. The summed E-state index contributed by atoms with van der Waals surface area (Å²) in [5.41, 5.74) is 5.83. The van der Waals surface area contributed by atoms with Crippen LogP contribution in [0.15, 0.2) is 24.4 Å². The van der Waals surface area contributed by atoms with E-state index in [9.17, 15) is 9.59 Å². The van der Waals surface area contributed by atoms with E-state index < -0.39 is 5.91 Å². The zero-order valence-electron chi connectivity index (χ0n) is 17.4. The zero-order valence-corrected chi connectivity index (χ0v) is 17.4. The monoisotopic (exact) mass is 410 g/mol. The lowest BCUT2D eigenvalue weighted by Gasteiger charge is -2.17. The summed E-state index contributed by atoms with van der Waals surface area (Å²) in [4.78, 5) is 29.9. The van der Waals surface area contributed by atoms with E-state index in [4.69, 9.17) is 20.5 Å². The molecule has 0 aliphatic carbocycles. The second-order valence-electron chi connectivity index (χ2n) is 7.90. The number of nitrogens with zero attached hydrogens (tertiary/aromatic N) is 3. The lowest BCUT2D eigenvalue weighted by molar-refractivity contribution is -0.129. The third-order valence-electron chi connectivity index (χ3n) is 5.24. The standard InChI is InChI=1S/C22H26N4O4/c1-13(2)30-19-9-17-15(8-18(19)21(24)28)5-7-25-22(17)29-12-16-11-26(10-14(16)3)20(27)4-6-23/h5,7-9,13-14,16H,4,10-12H2,1-3H3,(H2,24,28)/t14-,16+/m0/s1. The molecule has 1 aromatic heterocycles. The van der Waals surface area contributed by atoms with Gasteiger partial charge in [0.15, 0.2) is 0 Å². The second-order valence-corrected chi connectivity index (χ2v) is 7.90. The van der Waals surface area contributed by atoms with Crippen molar-refractivity contribution in [2.24, 2.45) is 17.6 Å². The number of likely N-dealkylation sites (tertiary alicyclic amines) is 1. The number of primary amides is 1. The number of nitrogens with two attached hydrogens (primary N) is 1. The Labute approximate surface area is 175 Å². The van der Waals surface area contributed by atoms with Crippen molar-refractivity contribution in [2.45, 2.75) is 33.3 Å². The molecule has 2 aromatic rings. The summed E-state index contributed by atoms with van der Waals surface area (Å²) in [6, 6.07) is 7.11. The fourth-order valence-electron chi connectivity index (χ4n) is 3.65. The van der Waals surface area contributed by atoms with Crippen molar-refractivity contribution in [2.75, 3.05) is 19.7 Å². The summed E-state index contributed by atoms with van der Waals surface area (Å²) in [6.45, 7) is 7.37. The van der Waals surface area contributed by atoms with Gasteiger partial charge in [-0.25, -0.2) is 4.98 Å². The molecule has 2 amide bonds. The lowest BCUT2D eigenvalue weighted by atomic mass is 9.99. The van der Waals surface area contributed by atoms with Gasteiger partial charge < -0.3 is 20.1 Å². The maximum Gasteiger partial charge on any atom is 0.252 e. The number of hydrogen-bond donors (Lipinski definition) is 1. The smallest absolute Gasteiger partial charge is 0.252 e. The van der Waals surface area contributed by atoms with Gasteiger partial charge in [0.05, 0.1) is 24.3 Å². The van der Waals surface area contributed by atoms with Crippen LogP contribution in [0.25, 0.3) is 10.8 Å². The molecule has 1 aliphatic rings. The number of carbonyl (C=O) groups is 2. The maximum atomic E-state index is 12.0. The second kappa shape index (κ2) is 8.99. The number of aromatic nitrogens is 1. The number of rotatable bonds is 7. The van der Waals surface area contributed by atoms with Crippen molar-refractivity contribution < 1.29 is 19.1 Å². The summed E-state index contributed by atoms with van der Waals surface area (Å²) in [5.74, 6) is 0.514. The van der Waals surface area contributed by atoms with E-state index in [1.165, 1.54) is 0 Å². The molecule has 1 aromatic carbocycles. The van der Waals surface area contributed by atoms with E-state index in [0.29, 0.717) is 36.9 Å². The minimum absolute atomic E-state index is 0.105. The highest BCUT2D eigenvalue weighted by Crippen LogP contribution is 2.32. The molecule has 1 fully saturated rings. The van der Waals surface area contributed by atoms with E-state index in [1.807, 2.05) is 19.9 Å². The molecule has 0 spiro atoms. The van der Waals surface area contributed by atoms with Gasteiger partial charge in [0, 0.05) is 30.6 Å². The third kappa shape index (κ3) is 4.62. The van der Waals surface area contributed by atoms with Crippen molar-refractivity contribution in [1.82, 2.24) is 9.88 Å². The quantitative estimate of drug-likeness (QED) is 0.749. The molecule has 0 bridgehead atoms. The minimum atomic E-state index is -0.561. The Morgan fingerprint density at radius 3 is 2.80 bits per heavy atom. The summed E-state index contributed by atoms with van der Waals surface area (Å²) < 4.78 is 11.8. The van der Waals surface area contributed by atoms with Crippen molar-refractivity contribution >= 4 is 22.6 Å². The van der Waals surface area contributed by atoms with E-state index in [-0.39, 0.29) is 30.3 Å². The number of nitriles is 1. The molecular formula is C22H26N4O4. The number of ether oxygens (including phenoxy) is 2. The largest absolute Gasteiger partial charge is 0.490 e. The number of benzene rings is 1. The van der Waals surface area contributed by atoms with Gasteiger partial charge in [-0.1, -0.05) is 6.92 Å². The van der Waals surface area contributed by atoms with E-state index in [0.717, 1.165) is 10.8 Å². The topological polar surface area (TPSA) is 119 Å². The summed E-state index contributed by atoms with van der Waals surface area (Å²) >= 11 is 0. The number of carbonyl (C=O) groups excluding carboxylic acids is 2. The van der Waals surface area contributed by atoms with Crippen LogP contribution in [-0.4, -0.2) is 47.5 Å². The van der Waals surface area contributed by atoms with Gasteiger partial charge in [0.25, 0.3) is 5.91 Å². The number of fused-ring (bicyclic) bond motifs is 1. The van der Waals surface area contributed by atoms with Crippen molar-refractivity contribution in [3.05, 3.63) is 30.0 Å². The number of hydrogen-bond acceptors (Lipinski definition) is 6. The van der Waals surface area contributed by atoms with Gasteiger partial charge in [-0.3, -0.25) is 9.59 Å². The number of amides is 2. The van der Waals surface area contributed by atoms with Crippen molar-refractivity contribution in [3.8, 4) is 17.7 Å². The fraction of sp³-hybridized carbons (Fsp3) is 0.455. The number of pyridine rings is 1. The molecule has 0 radical (unpaired) electrons. The Hall–Kier alpha value is -3.34. The molecule has 8 nitrogen and oxygen atoms in total. The molecule has 1 saturated heterocycles. The molecule has 1 aliphatic heterocycles. The molecule has 0 unspecified atom stereocenters. The van der Waals surface area contributed by atoms with Crippen LogP contribution >= 0.6 is 0 Å². The fourth-order valence-corrected chi connectivity index (χ4v) is 3.65. The Morgan fingerprint density at radius 1 is 1.37 bits per heavy atom. The van der Waals surface area contributed by atoms with Gasteiger partial charge in [-0.05, 0) is 43.4 Å². The minimum Gasteiger partial charge on any atom is -0.490 e. The van der Waals surface area contributed by atoms with Crippen LogP contribution < -0.4 is 15.2 Å². The third-order valence-corrected chi connectivity index (χ3v) is 5.24. The zero-order chi connectivity index (χ0) is 21.8. The molecule has 2 heterocycles. The summed E-state index contributed by atoms with van der Waals surface area (Å²) in [5, 5.41) is 10.2. The van der Waals surface area contributed by atoms with Crippen LogP contribution in [-0.2, 0) is 4.79 Å². The van der Waals surface area contributed by atoms with Crippen LogP contribution in [0, 0.1) is 23.2 Å². The average molecular weight is 410 g/mol. The Bertz CT molecular complexity index is 999. The first-order chi connectivity index (χ1) is 14.3. The molecule has 2 atom stereocenters. The first kappa shape index (κ1) is 21.4. The van der Waals surface area contributed by atoms with Crippen molar-refractivity contribution in [1.29, 1.82) is 5.26 Å². The van der Waals surface area contributed by atoms with Crippen molar-refractivity contribution in [3.63, 3.8) is 0 Å². The van der Waals surface area contributed by atoms with Gasteiger partial charge in [0.1, 0.15) is 12.2 Å². The SMILES string of the molecule is CC(C)Oc1cc2c(OC[C@H]3CN(C(=O)CC#N)C[C@@H]3C)nccc2cc1C(N)=O. The van der Waals surface area contributed by atoms with Gasteiger partial charge in [0.2, 0.25) is 11.8 Å². The molecule has 2 N–H and O–H groups in total. The average Bonchev–Trinajstić information content (AvgIpc) is 3.06. The summed E-state index contributed by atoms with van der Waals surface area (Å²) in [7, 11) is 0. The van der Waals surface area contributed by atoms with E-state index in [2.05, 4.69) is 11.9 Å². The molecule has 0 saturated carbocycles. The first-order valence-electron chi connectivity index (χ1n) is 9.96. The van der Waals surface area contributed by atoms with Gasteiger partial charge >= 0.3 is 0 Å².